The van der Waals surface area contributed by atoms with Crippen LogP contribution < -0.4 is 10.6 Å². The normalized spacial score (nSPS) is 14.7. The summed E-state index contributed by atoms with van der Waals surface area (Å²) in [6, 6.07) is 9.30. The maximum atomic E-state index is 12.1. The first-order chi connectivity index (χ1) is 11.1. The van der Waals surface area contributed by atoms with E-state index in [4.69, 9.17) is 11.6 Å². The molecule has 0 bridgehead atoms. The number of rotatable bonds is 4. The Kier molecular flexibility index (Phi) is 4.76. The molecule has 0 radical (unpaired) electrons. The molecular formula is C17H19ClN4O. The van der Waals surface area contributed by atoms with Crippen LogP contribution >= 0.6 is 11.6 Å². The number of aromatic nitrogens is 2. The SMILES string of the molecule is Cc1ccc(Cl)cc1Nc1ccc(C(=O)NC2CCCC2)nn1. The highest BCUT2D eigenvalue weighted by atomic mass is 35.5. The third-order valence-corrected chi connectivity index (χ3v) is 4.29. The van der Waals surface area contributed by atoms with Crippen molar-refractivity contribution in [2.45, 2.75) is 38.6 Å². The topological polar surface area (TPSA) is 66.9 Å². The van der Waals surface area contributed by atoms with E-state index in [1.54, 1.807) is 12.1 Å². The second-order valence-electron chi connectivity index (χ2n) is 5.84. The van der Waals surface area contributed by atoms with Gasteiger partial charge in [-0.15, -0.1) is 10.2 Å². The number of hydrogen-bond acceptors (Lipinski definition) is 4. The summed E-state index contributed by atoms with van der Waals surface area (Å²) in [6.45, 7) is 1.98. The lowest BCUT2D eigenvalue weighted by atomic mass is 10.2. The van der Waals surface area contributed by atoms with Gasteiger partial charge in [0.2, 0.25) is 0 Å². The van der Waals surface area contributed by atoms with Gasteiger partial charge in [0.1, 0.15) is 0 Å². The maximum Gasteiger partial charge on any atom is 0.272 e. The summed E-state index contributed by atoms with van der Waals surface area (Å²) >= 11 is 6.00. The largest absolute Gasteiger partial charge is 0.348 e. The van der Waals surface area contributed by atoms with Gasteiger partial charge in [0.15, 0.2) is 11.5 Å². The molecule has 1 saturated carbocycles. The van der Waals surface area contributed by atoms with Crippen LogP contribution in [-0.2, 0) is 0 Å². The quantitative estimate of drug-likeness (QED) is 0.893. The summed E-state index contributed by atoms with van der Waals surface area (Å²) in [7, 11) is 0. The van der Waals surface area contributed by atoms with E-state index >= 15 is 0 Å². The van der Waals surface area contributed by atoms with E-state index in [1.165, 1.54) is 12.8 Å². The summed E-state index contributed by atoms with van der Waals surface area (Å²) in [5.41, 5.74) is 2.26. The van der Waals surface area contributed by atoms with Gasteiger partial charge in [-0.25, -0.2) is 0 Å². The average Bonchev–Trinajstić information content (AvgIpc) is 3.04. The van der Waals surface area contributed by atoms with Gasteiger partial charge in [0.25, 0.3) is 5.91 Å². The molecule has 5 nitrogen and oxygen atoms in total. The van der Waals surface area contributed by atoms with E-state index in [0.717, 1.165) is 24.1 Å². The number of amides is 1. The highest BCUT2D eigenvalue weighted by molar-refractivity contribution is 6.30. The lowest BCUT2D eigenvalue weighted by molar-refractivity contribution is 0.0932. The van der Waals surface area contributed by atoms with Gasteiger partial charge in [-0.3, -0.25) is 4.79 Å². The predicted octanol–water partition coefficient (Wildman–Crippen LogP) is 3.85. The first kappa shape index (κ1) is 15.7. The van der Waals surface area contributed by atoms with Crippen molar-refractivity contribution in [1.82, 2.24) is 15.5 Å². The average molecular weight is 331 g/mol. The van der Waals surface area contributed by atoms with Crippen molar-refractivity contribution in [3.63, 3.8) is 0 Å². The van der Waals surface area contributed by atoms with Crippen molar-refractivity contribution in [3.8, 4) is 0 Å². The van der Waals surface area contributed by atoms with Gasteiger partial charge >= 0.3 is 0 Å². The Bertz CT molecular complexity index is 696. The molecule has 2 N–H and O–H groups in total. The molecule has 1 aromatic heterocycles. The standard InChI is InChI=1S/C17H19ClN4O/c1-11-6-7-12(18)10-15(11)20-16-9-8-14(21-22-16)17(23)19-13-4-2-3-5-13/h6-10,13H,2-5H2,1H3,(H,19,23)(H,20,22). The van der Waals surface area contributed by atoms with Crippen LogP contribution in [0.4, 0.5) is 11.5 Å². The minimum absolute atomic E-state index is 0.158. The van der Waals surface area contributed by atoms with E-state index in [1.807, 2.05) is 25.1 Å². The fraction of sp³-hybridized carbons (Fsp3) is 0.353. The van der Waals surface area contributed by atoms with Gasteiger partial charge in [-0.2, -0.15) is 0 Å². The number of benzene rings is 1. The molecule has 0 spiro atoms. The Morgan fingerprint density at radius 3 is 2.65 bits per heavy atom. The lowest BCUT2D eigenvalue weighted by Crippen LogP contribution is -2.33. The molecule has 1 heterocycles. The second-order valence-corrected chi connectivity index (χ2v) is 6.28. The molecule has 0 aliphatic heterocycles. The Balaban J connectivity index is 1.66. The molecule has 6 heteroatoms. The Hall–Kier alpha value is -2.14. The minimum atomic E-state index is -0.158. The smallest absolute Gasteiger partial charge is 0.272 e. The van der Waals surface area contributed by atoms with E-state index in [2.05, 4.69) is 20.8 Å². The zero-order valence-electron chi connectivity index (χ0n) is 13.0. The van der Waals surface area contributed by atoms with E-state index in [9.17, 15) is 4.79 Å². The fourth-order valence-electron chi connectivity index (χ4n) is 2.72. The zero-order valence-corrected chi connectivity index (χ0v) is 13.7. The summed E-state index contributed by atoms with van der Waals surface area (Å²) in [4.78, 5) is 12.1. The highest BCUT2D eigenvalue weighted by Gasteiger charge is 2.18. The number of carbonyl (C=O) groups excluding carboxylic acids is 1. The number of nitrogens with one attached hydrogen (secondary N) is 2. The number of hydrogen-bond donors (Lipinski definition) is 2. The molecule has 1 fully saturated rings. The molecule has 23 heavy (non-hydrogen) atoms. The van der Waals surface area contributed by atoms with Crippen LogP contribution in [0.1, 0.15) is 41.7 Å². The maximum absolute atomic E-state index is 12.1. The van der Waals surface area contributed by atoms with Crippen LogP contribution in [0.15, 0.2) is 30.3 Å². The van der Waals surface area contributed by atoms with E-state index in [-0.39, 0.29) is 11.9 Å². The predicted molar refractivity (Wildman–Crippen MR) is 91.2 cm³/mol. The highest BCUT2D eigenvalue weighted by Crippen LogP contribution is 2.23. The van der Waals surface area contributed by atoms with Crippen molar-refractivity contribution in [2.24, 2.45) is 0 Å². The molecule has 1 amide bonds. The molecule has 0 saturated heterocycles. The van der Waals surface area contributed by atoms with Crippen molar-refractivity contribution in [2.75, 3.05) is 5.32 Å². The number of nitrogens with zero attached hydrogens (tertiary/aromatic N) is 2. The molecule has 1 aliphatic rings. The number of halogens is 1. The first-order valence-corrected chi connectivity index (χ1v) is 8.17. The van der Waals surface area contributed by atoms with E-state index < -0.39 is 0 Å². The Morgan fingerprint density at radius 1 is 1.17 bits per heavy atom. The molecule has 1 aromatic carbocycles. The second kappa shape index (κ2) is 6.96. The van der Waals surface area contributed by atoms with Crippen LogP contribution in [0.2, 0.25) is 5.02 Å². The summed E-state index contributed by atoms with van der Waals surface area (Å²) in [6.07, 6.45) is 4.46. The monoisotopic (exact) mass is 330 g/mol. The van der Waals surface area contributed by atoms with Crippen molar-refractivity contribution in [1.29, 1.82) is 0 Å². The molecule has 2 aromatic rings. The van der Waals surface area contributed by atoms with Crippen LogP contribution in [0.3, 0.4) is 0 Å². The third kappa shape index (κ3) is 3.99. The number of aryl methyl sites for hydroxylation is 1. The van der Waals surface area contributed by atoms with Crippen LogP contribution in [0, 0.1) is 6.92 Å². The van der Waals surface area contributed by atoms with Gasteiger partial charge < -0.3 is 10.6 Å². The number of carbonyl (C=O) groups is 1. The van der Waals surface area contributed by atoms with Gasteiger partial charge in [0.05, 0.1) is 0 Å². The fourth-order valence-corrected chi connectivity index (χ4v) is 2.89. The molecule has 120 valence electrons. The molecular weight excluding hydrogens is 312 g/mol. The molecule has 0 atom stereocenters. The number of anilines is 2. The van der Waals surface area contributed by atoms with Crippen LogP contribution in [-0.4, -0.2) is 22.1 Å². The van der Waals surface area contributed by atoms with E-state index in [0.29, 0.717) is 16.5 Å². The zero-order chi connectivity index (χ0) is 16.2. The van der Waals surface area contributed by atoms with Crippen LogP contribution in [0.25, 0.3) is 0 Å². The summed E-state index contributed by atoms with van der Waals surface area (Å²) in [5.74, 6) is 0.419. The Labute approximate surface area is 140 Å². The minimum Gasteiger partial charge on any atom is -0.348 e. The molecule has 0 unspecified atom stereocenters. The van der Waals surface area contributed by atoms with Gasteiger partial charge in [-0.05, 0) is 49.6 Å². The van der Waals surface area contributed by atoms with Gasteiger partial charge in [-0.1, -0.05) is 30.5 Å². The van der Waals surface area contributed by atoms with Crippen LogP contribution in [0.5, 0.6) is 0 Å². The third-order valence-electron chi connectivity index (χ3n) is 4.05. The lowest BCUT2D eigenvalue weighted by Gasteiger charge is -2.12. The molecule has 3 rings (SSSR count). The van der Waals surface area contributed by atoms with Gasteiger partial charge in [0, 0.05) is 16.8 Å². The first-order valence-electron chi connectivity index (χ1n) is 7.79. The van der Waals surface area contributed by atoms with Crippen molar-refractivity contribution < 1.29 is 4.79 Å². The molecule has 1 aliphatic carbocycles. The Morgan fingerprint density at radius 2 is 1.96 bits per heavy atom. The van der Waals surface area contributed by atoms with Crippen molar-refractivity contribution in [3.05, 3.63) is 46.6 Å². The summed E-state index contributed by atoms with van der Waals surface area (Å²) < 4.78 is 0. The van der Waals surface area contributed by atoms with Crippen molar-refractivity contribution >= 4 is 29.0 Å². The summed E-state index contributed by atoms with van der Waals surface area (Å²) in [5, 5.41) is 14.9.